The van der Waals surface area contributed by atoms with E-state index in [0.29, 0.717) is 16.1 Å². The molecule has 0 saturated carbocycles. The predicted molar refractivity (Wildman–Crippen MR) is 80.1 cm³/mol. The molecule has 0 fully saturated rings. The van der Waals surface area contributed by atoms with Crippen LogP contribution in [0.25, 0.3) is 0 Å². The highest BCUT2D eigenvalue weighted by Crippen LogP contribution is 2.29. The Bertz CT molecular complexity index is 406. The minimum Gasteiger partial charge on any atom is -0.389 e. The molecule has 0 saturated heterocycles. The number of hydrogen-bond donors (Lipinski definition) is 1. The quantitative estimate of drug-likeness (QED) is 0.829. The lowest BCUT2D eigenvalue weighted by molar-refractivity contribution is 0.630. The van der Waals surface area contributed by atoms with Gasteiger partial charge < -0.3 is 10.6 Å². The van der Waals surface area contributed by atoms with Crippen molar-refractivity contribution in [3.05, 3.63) is 28.8 Å². The van der Waals surface area contributed by atoms with Crippen molar-refractivity contribution in [3.63, 3.8) is 0 Å². The third-order valence-corrected chi connectivity index (χ3v) is 3.53. The van der Waals surface area contributed by atoms with Gasteiger partial charge in [-0.05, 0) is 32.4 Å². The minimum absolute atomic E-state index is 0.354. The van der Waals surface area contributed by atoms with Gasteiger partial charge in [0.05, 0.1) is 10.6 Å². The maximum atomic E-state index is 6.18. The summed E-state index contributed by atoms with van der Waals surface area (Å²) >= 11 is 11.3. The fourth-order valence-electron chi connectivity index (χ4n) is 1.94. The maximum absolute atomic E-state index is 6.18. The number of nitrogens with zero attached hydrogens (tertiary/aromatic N) is 1. The predicted octanol–water partition coefficient (Wildman–Crippen LogP) is 3.60. The second-order valence-electron chi connectivity index (χ2n) is 4.04. The second kappa shape index (κ2) is 6.22. The van der Waals surface area contributed by atoms with Crippen LogP contribution < -0.4 is 10.6 Å². The Labute approximate surface area is 114 Å². The third kappa shape index (κ3) is 3.11. The molecule has 0 aromatic heterocycles. The minimum atomic E-state index is 0.354. The van der Waals surface area contributed by atoms with Crippen LogP contribution in [0.15, 0.2) is 18.2 Å². The Morgan fingerprint density at radius 2 is 2.12 bits per heavy atom. The Kier molecular flexibility index (Phi) is 5.22. The highest BCUT2D eigenvalue weighted by Gasteiger charge is 2.17. The number of thiocarbonyl (C=S) groups is 1. The van der Waals surface area contributed by atoms with Crippen molar-refractivity contribution in [2.24, 2.45) is 5.73 Å². The lowest BCUT2D eigenvalue weighted by atomic mass is 10.1. The summed E-state index contributed by atoms with van der Waals surface area (Å²) in [6, 6.07) is 6.22. The zero-order valence-corrected chi connectivity index (χ0v) is 12.1. The number of anilines is 1. The number of halogens is 1. The van der Waals surface area contributed by atoms with Gasteiger partial charge in [-0.2, -0.15) is 0 Å². The lowest BCUT2D eigenvalue weighted by Gasteiger charge is -2.31. The normalized spacial score (nSPS) is 12.2. The van der Waals surface area contributed by atoms with E-state index in [-0.39, 0.29) is 0 Å². The molecule has 0 aliphatic carbocycles. The van der Waals surface area contributed by atoms with E-state index in [4.69, 9.17) is 29.6 Å². The van der Waals surface area contributed by atoms with E-state index < -0.39 is 0 Å². The van der Waals surface area contributed by atoms with Crippen LogP contribution in [-0.4, -0.2) is 17.6 Å². The molecule has 0 heterocycles. The molecule has 0 spiro atoms. The van der Waals surface area contributed by atoms with Gasteiger partial charge in [-0.15, -0.1) is 0 Å². The second-order valence-corrected chi connectivity index (χ2v) is 4.89. The molecule has 0 aliphatic rings. The molecule has 1 atom stereocenters. The molecule has 4 heteroatoms. The lowest BCUT2D eigenvalue weighted by Crippen LogP contribution is -2.34. The van der Waals surface area contributed by atoms with Crippen molar-refractivity contribution in [2.45, 2.75) is 33.2 Å². The van der Waals surface area contributed by atoms with Crippen LogP contribution in [0.4, 0.5) is 5.69 Å². The molecular weight excluding hydrogens is 252 g/mol. The van der Waals surface area contributed by atoms with E-state index in [1.807, 2.05) is 18.2 Å². The molecule has 2 nitrogen and oxygen atoms in total. The topological polar surface area (TPSA) is 29.3 Å². The molecular formula is C13H19ClN2S. The molecule has 0 aliphatic heterocycles. The SMILES string of the molecule is CCC(C)N(CC)c1cccc(Cl)c1C(N)=S. The van der Waals surface area contributed by atoms with Gasteiger partial charge >= 0.3 is 0 Å². The number of rotatable bonds is 5. The van der Waals surface area contributed by atoms with Gasteiger partial charge in [-0.25, -0.2) is 0 Å². The Morgan fingerprint density at radius 3 is 2.59 bits per heavy atom. The third-order valence-electron chi connectivity index (χ3n) is 3.01. The first kappa shape index (κ1) is 14.3. The molecule has 1 aromatic rings. The molecule has 1 aromatic carbocycles. The first-order valence-corrected chi connectivity index (χ1v) is 6.66. The van der Waals surface area contributed by atoms with Crippen LogP contribution in [-0.2, 0) is 0 Å². The van der Waals surface area contributed by atoms with Gasteiger partial charge in [0, 0.05) is 18.3 Å². The maximum Gasteiger partial charge on any atom is 0.107 e. The Balaban J connectivity index is 3.28. The van der Waals surface area contributed by atoms with Gasteiger partial charge in [-0.1, -0.05) is 36.8 Å². The standard InChI is InChI=1S/C13H19ClN2S/c1-4-9(3)16(5-2)11-8-6-7-10(14)12(11)13(15)17/h6-9H,4-5H2,1-3H3,(H2,15,17). The first-order chi connectivity index (χ1) is 8.02. The van der Waals surface area contributed by atoms with Crippen molar-refractivity contribution < 1.29 is 0 Å². The van der Waals surface area contributed by atoms with Gasteiger partial charge in [0.1, 0.15) is 4.99 Å². The largest absolute Gasteiger partial charge is 0.389 e. The molecule has 1 unspecified atom stereocenters. The van der Waals surface area contributed by atoms with Crippen molar-refractivity contribution in [1.82, 2.24) is 0 Å². The van der Waals surface area contributed by atoms with Gasteiger partial charge in [-0.3, -0.25) is 0 Å². The summed E-state index contributed by atoms with van der Waals surface area (Å²) in [5, 5.41) is 0.622. The summed E-state index contributed by atoms with van der Waals surface area (Å²) in [5.74, 6) is 0. The highest BCUT2D eigenvalue weighted by atomic mass is 35.5. The fraction of sp³-hybridized carbons (Fsp3) is 0.462. The van der Waals surface area contributed by atoms with E-state index in [1.54, 1.807) is 0 Å². The van der Waals surface area contributed by atoms with Crippen LogP contribution in [0.5, 0.6) is 0 Å². The van der Waals surface area contributed by atoms with E-state index in [2.05, 4.69) is 25.7 Å². The van der Waals surface area contributed by atoms with Gasteiger partial charge in [0.25, 0.3) is 0 Å². The average molecular weight is 271 g/mol. The summed E-state index contributed by atoms with van der Waals surface area (Å²) in [7, 11) is 0. The smallest absolute Gasteiger partial charge is 0.107 e. The van der Waals surface area contributed by atoms with Gasteiger partial charge in [0.15, 0.2) is 0 Å². The Hall–Kier alpha value is -0.800. The van der Waals surface area contributed by atoms with E-state index in [9.17, 15) is 0 Å². The van der Waals surface area contributed by atoms with Crippen molar-refractivity contribution >= 4 is 34.5 Å². The molecule has 94 valence electrons. The van der Waals surface area contributed by atoms with E-state index in [0.717, 1.165) is 24.2 Å². The van der Waals surface area contributed by atoms with Crippen LogP contribution >= 0.6 is 23.8 Å². The van der Waals surface area contributed by atoms with Crippen molar-refractivity contribution in [1.29, 1.82) is 0 Å². The monoisotopic (exact) mass is 270 g/mol. The molecule has 17 heavy (non-hydrogen) atoms. The molecule has 0 bridgehead atoms. The zero-order chi connectivity index (χ0) is 13.0. The van der Waals surface area contributed by atoms with Gasteiger partial charge in [0.2, 0.25) is 0 Å². The van der Waals surface area contributed by atoms with Crippen LogP contribution in [0.1, 0.15) is 32.8 Å². The molecule has 2 N–H and O–H groups in total. The summed E-state index contributed by atoms with van der Waals surface area (Å²) in [5.41, 5.74) is 7.58. The van der Waals surface area contributed by atoms with E-state index in [1.165, 1.54) is 0 Å². The summed E-state index contributed by atoms with van der Waals surface area (Å²) in [6.45, 7) is 7.38. The van der Waals surface area contributed by atoms with Crippen molar-refractivity contribution in [2.75, 3.05) is 11.4 Å². The number of hydrogen-bond acceptors (Lipinski definition) is 2. The van der Waals surface area contributed by atoms with Crippen LogP contribution in [0.3, 0.4) is 0 Å². The number of nitrogens with two attached hydrogens (primary N) is 1. The zero-order valence-electron chi connectivity index (χ0n) is 10.5. The van der Waals surface area contributed by atoms with E-state index >= 15 is 0 Å². The summed E-state index contributed by atoms with van der Waals surface area (Å²) in [6.07, 6.45) is 1.07. The first-order valence-electron chi connectivity index (χ1n) is 5.87. The average Bonchev–Trinajstić information content (AvgIpc) is 2.29. The van der Waals surface area contributed by atoms with Crippen molar-refractivity contribution in [3.8, 4) is 0 Å². The summed E-state index contributed by atoms with van der Waals surface area (Å²) < 4.78 is 0. The number of benzene rings is 1. The molecule has 0 amide bonds. The fourth-order valence-corrected chi connectivity index (χ4v) is 2.48. The summed E-state index contributed by atoms with van der Waals surface area (Å²) in [4.78, 5) is 2.63. The molecule has 0 radical (unpaired) electrons. The van der Waals surface area contributed by atoms with Crippen LogP contribution in [0.2, 0.25) is 5.02 Å². The Morgan fingerprint density at radius 1 is 1.47 bits per heavy atom. The highest BCUT2D eigenvalue weighted by molar-refractivity contribution is 7.80. The molecule has 1 rings (SSSR count). The van der Waals surface area contributed by atoms with Crippen LogP contribution in [0, 0.1) is 0 Å².